The summed E-state index contributed by atoms with van der Waals surface area (Å²) in [6.07, 6.45) is 14.9. The van der Waals surface area contributed by atoms with E-state index < -0.39 is 11.8 Å². The molecule has 45 heavy (non-hydrogen) atoms. The Hall–Kier alpha value is -3.32. The molecule has 3 rings (SSSR count). The fraction of sp³-hybridized carbons (Fsp3) is 0.474. The molecule has 0 bridgehead atoms. The Bertz CT molecular complexity index is 1290. The molecular weight excluding hydrogens is 587 g/mol. The summed E-state index contributed by atoms with van der Waals surface area (Å²) in [6.45, 7) is 6.82. The zero-order valence-electron chi connectivity index (χ0n) is 27.2. The summed E-state index contributed by atoms with van der Waals surface area (Å²) in [5.41, 5.74) is 2.32. The van der Waals surface area contributed by atoms with Gasteiger partial charge in [0.2, 0.25) is 0 Å². The predicted molar refractivity (Wildman–Crippen MR) is 181 cm³/mol. The monoisotopic (exact) mass is 636 g/mol. The Morgan fingerprint density at radius 1 is 0.689 bits per heavy atom. The van der Waals surface area contributed by atoms with Crippen LogP contribution in [0.4, 0.5) is 4.39 Å². The van der Waals surface area contributed by atoms with E-state index in [4.69, 9.17) is 13.7 Å². The number of carbonyl (C=O) groups excluding carboxylic acids is 2. The lowest BCUT2D eigenvalue weighted by Crippen LogP contribution is -2.15. The smallest absolute Gasteiger partial charge is 0.350 e. The van der Waals surface area contributed by atoms with Crippen molar-refractivity contribution < 1.29 is 27.6 Å². The molecule has 7 heteroatoms. The minimum Gasteiger partial charge on any atom is -0.491 e. The molecular formula is C38H49FO5S. The third-order valence-corrected chi connectivity index (χ3v) is 8.42. The van der Waals surface area contributed by atoms with Crippen LogP contribution in [-0.2, 0) is 8.92 Å². The van der Waals surface area contributed by atoms with Crippen LogP contribution in [-0.4, -0.2) is 24.6 Å². The molecule has 1 unspecified atom stereocenters. The summed E-state index contributed by atoms with van der Waals surface area (Å²) >= 11 is 0.927. The molecule has 0 N–H and O–H groups in total. The van der Waals surface area contributed by atoms with Crippen LogP contribution in [0.2, 0.25) is 0 Å². The van der Waals surface area contributed by atoms with Gasteiger partial charge in [-0.3, -0.25) is 0 Å². The third kappa shape index (κ3) is 13.3. The molecule has 5 nitrogen and oxygen atoms in total. The Kier molecular flexibility index (Phi) is 16.6. The van der Waals surface area contributed by atoms with Crippen molar-refractivity contribution in [3.63, 3.8) is 0 Å². The van der Waals surface area contributed by atoms with Gasteiger partial charge in [0.15, 0.2) is 11.6 Å². The minimum atomic E-state index is -0.497. The van der Waals surface area contributed by atoms with E-state index in [1.807, 2.05) is 13.0 Å². The van der Waals surface area contributed by atoms with Gasteiger partial charge < -0.3 is 13.7 Å². The van der Waals surface area contributed by atoms with Crippen LogP contribution >= 0.6 is 12.0 Å². The summed E-state index contributed by atoms with van der Waals surface area (Å²) in [5, 5.41) is 0. The lowest BCUT2D eigenvalue weighted by molar-refractivity contribution is 0.0319. The van der Waals surface area contributed by atoms with Crippen molar-refractivity contribution in [2.24, 2.45) is 0 Å². The van der Waals surface area contributed by atoms with Crippen LogP contribution < -0.4 is 4.74 Å². The maximum Gasteiger partial charge on any atom is 0.350 e. The first kappa shape index (κ1) is 36.2. The summed E-state index contributed by atoms with van der Waals surface area (Å²) < 4.78 is 31.3. The maximum absolute atomic E-state index is 14.7. The van der Waals surface area contributed by atoms with Crippen LogP contribution in [0.1, 0.15) is 125 Å². The van der Waals surface area contributed by atoms with Crippen molar-refractivity contribution in [1.82, 2.24) is 0 Å². The maximum atomic E-state index is 14.7. The highest BCUT2D eigenvalue weighted by Gasteiger charge is 2.14. The summed E-state index contributed by atoms with van der Waals surface area (Å²) in [7, 11) is 0. The van der Waals surface area contributed by atoms with E-state index in [2.05, 4.69) is 13.8 Å². The highest BCUT2D eigenvalue weighted by molar-refractivity contribution is 7.95. The van der Waals surface area contributed by atoms with Gasteiger partial charge in [0.25, 0.3) is 0 Å². The first-order chi connectivity index (χ1) is 21.9. The Labute approximate surface area is 273 Å². The van der Waals surface area contributed by atoms with Gasteiger partial charge in [0, 0.05) is 4.90 Å². The Balaban J connectivity index is 1.41. The van der Waals surface area contributed by atoms with Crippen molar-refractivity contribution >= 4 is 24.0 Å². The molecule has 0 heterocycles. The molecule has 0 aliphatic heterocycles. The second-order valence-corrected chi connectivity index (χ2v) is 12.4. The van der Waals surface area contributed by atoms with Crippen molar-refractivity contribution in [2.75, 3.05) is 6.61 Å². The molecule has 1 atom stereocenters. The van der Waals surface area contributed by atoms with E-state index in [9.17, 15) is 14.0 Å². The zero-order chi connectivity index (χ0) is 32.3. The van der Waals surface area contributed by atoms with E-state index >= 15 is 0 Å². The number of esters is 1. The number of rotatable bonds is 21. The van der Waals surface area contributed by atoms with E-state index in [1.165, 1.54) is 57.4 Å². The second-order valence-electron chi connectivity index (χ2n) is 11.6. The number of halogens is 1. The summed E-state index contributed by atoms with van der Waals surface area (Å²) in [4.78, 5) is 25.7. The molecule has 0 fully saturated rings. The quantitative estimate of drug-likeness (QED) is 0.0658. The first-order valence-corrected chi connectivity index (χ1v) is 17.4. The second kappa shape index (κ2) is 20.7. The van der Waals surface area contributed by atoms with Crippen LogP contribution in [0.5, 0.6) is 5.75 Å². The molecule has 0 aliphatic carbocycles. The van der Waals surface area contributed by atoms with Gasteiger partial charge in [-0.05, 0) is 85.8 Å². The Morgan fingerprint density at radius 3 is 1.89 bits per heavy atom. The zero-order valence-corrected chi connectivity index (χ0v) is 28.0. The first-order valence-electron chi connectivity index (χ1n) is 16.6. The largest absolute Gasteiger partial charge is 0.491 e. The van der Waals surface area contributed by atoms with Gasteiger partial charge in [-0.15, -0.1) is 0 Å². The number of ether oxygens (including phenoxy) is 2. The molecule has 0 saturated heterocycles. The van der Waals surface area contributed by atoms with E-state index in [0.717, 1.165) is 49.7 Å². The average Bonchev–Trinajstić information content (AvgIpc) is 3.05. The predicted octanol–water partition coefficient (Wildman–Crippen LogP) is 11.4. The molecule has 0 aliphatic rings. The number of unbranched alkanes of at least 4 members (excludes halogenated alkanes) is 10. The van der Waals surface area contributed by atoms with Gasteiger partial charge in [0.05, 0.1) is 35.9 Å². The van der Waals surface area contributed by atoms with Gasteiger partial charge in [-0.25, -0.2) is 14.0 Å². The van der Waals surface area contributed by atoms with E-state index in [0.29, 0.717) is 28.2 Å². The normalized spacial score (nSPS) is 11.6. The Morgan fingerprint density at radius 2 is 1.24 bits per heavy atom. The SMILES string of the molecule is CCCCCCCCCCOc1ccc(-c2ccc(C(=O)OSc3ccc(C(=O)OC(C)CCCCCC)cc3)cc2)cc1F. The summed E-state index contributed by atoms with van der Waals surface area (Å²) in [5.74, 6) is -0.991. The van der Waals surface area contributed by atoms with Crippen molar-refractivity contribution in [3.8, 4) is 16.9 Å². The van der Waals surface area contributed by atoms with E-state index in [-0.39, 0.29) is 17.8 Å². The molecule has 0 saturated carbocycles. The number of hydrogen-bond acceptors (Lipinski definition) is 6. The van der Waals surface area contributed by atoms with Crippen molar-refractivity contribution in [1.29, 1.82) is 0 Å². The minimum absolute atomic E-state index is 0.127. The lowest BCUT2D eigenvalue weighted by atomic mass is 10.0. The number of benzene rings is 3. The third-order valence-electron chi connectivity index (χ3n) is 7.72. The fourth-order valence-electron chi connectivity index (χ4n) is 4.96. The molecule has 3 aromatic carbocycles. The van der Waals surface area contributed by atoms with Crippen molar-refractivity contribution in [3.05, 3.63) is 83.7 Å². The van der Waals surface area contributed by atoms with E-state index in [1.54, 1.807) is 54.6 Å². The number of hydrogen-bond donors (Lipinski definition) is 0. The average molecular weight is 637 g/mol. The molecule has 0 spiro atoms. The van der Waals surface area contributed by atoms with Crippen LogP contribution in [0.3, 0.4) is 0 Å². The standard InChI is InChI=1S/C38H49FO5S/c1-4-6-8-10-11-12-13-15-27-42-36-26-23-33(28-35(36)39)30-17-19-32(20-18-30)38(41)44-45-34-24-21-31(22-25-34)37(40)43-29(3)16-14-9-7-5-2/h17-26,28-29H,4-16,27H2,1-3H3. The molecule has 3 aromatic rings. The highest BCUT2D eigenvalue weighted by Crippen LogP contribution is 2.27. The van der Waals surface area contributed by atoms with Gasteiger partial charge in [0.1, 0.15) is 0 Å². The van der Waals surface area contributed by atoms with Gasteiger partial charge in [-0.2, -0.15) is 0 Å². The number of carbonyl (C=O) groups is 2. The van der Waals surface area contributed by atoms with Gasteiger partial charge >= 0.3 is 11.9 Å². The van der Waals surface area contributed by atoms with Crippen molar-refractivity contribution in [2.45, 2.75) is 115 Å². The molecule has 0 aromatic heterocycles. The summed E-state index contributed by atoms with van der Waals surface area (Å²) in [6, 6.07) is 18.6. The molecule has 0 amide bonds. The fourth-order valence-corrected chi connectivity index (χ4v) is 5.48. The van der Waals surface area contributed by atoms with Gasteiger partial charge in [-0.1, -0.05) is 96.3 Å². The van der Waals surface area contributed by atoms with Crippen LogP contribution in [0.15, 0.2) is 71.6 Å². The van der Waals surface area contributed by atoms with Crippen LogP contribution in [0.25, 0.3) is 11.1 Å². The lowest BCUT2D eigenvalue weighted by Gasteiger charge is -2.13. The van der Waals surface area contributed by atoms with Crippen LogP contribution in [0, 0.1) is 5.82 Å². The topological polar surface area (TPSA) is 61.8 Å². The highest BCUT2D eigenvalue weighted by atomic mass is 32.2. The molecule has 244 valence electrons. The molecule has 0 radical (unpaired) electrons.